The lowest BCUT2D eigenvalue weighted by Gasteiger charge is -2.20. The van der Waals surface area contributed by atoms with Crippen LogP contribution < -0.4 is 10.5 Å². The number of hydrogen-bond acceptors (Lipinski definition) is 3. The van der Waals surface area contributed by atoms with Crippen LogP contribution in [0, 0.1) is 6.92 Å². The fraction of sp³-hybridized carbons (Fsp3) is 0.500. The molecule has 3 heteroatoms. The van der Waals surface area contributed by atoms with Crippen molar-refractivity contribution in [2.75, 3.05) is 7.11 Å². The Balaban J connectivity index is 3.05. The second-order valence-electron chi connectivity index (χ2n) is 4.62. The zero-order chi connectivity index (χ0) is 11.6. The monoisotopic (exact) mass is 209 g/mol. The van der Waals surface area contributed by atoms with Gasteiger partial charge in [-0.1, -0.05) is 0 Å². The molecule has 0 aromatic heterocycles. The minimum absolute atomic E-state index is 0.246. The van der Waals surface area contributed by atoms with E-state index in [9.17, 15) is 5.11 Å². The average molecular weight is 209 g/mol. The van der Waals surface area contributed by atoms with Gasteiger partial charge in [0.15, 0.2) is 0 Å². The maximum atomic E-state index is 9.77. The Kier molecular flexibility index (Phi) is 3.25. The summed E-state index contributed by atoms with van der Waals surface area (Å²) in [5.41, 5.74) is 7.46. The molecule has 1 rings (SSSR count). The molecule has 15 heavy (non-hydrogen) atoms. The van der Waals surface area contributed by atoms with Crippen LogP contribution in [0.5, 0.6) is 11.5 Å². The number of aromatic hydroxyl groups is 1. The lowest BCUT2D eigenvalue weighted by Crippen LogP contribution is -2.34. The van der Waals surface area contributed by atoms with Gasteiger partial charge < -0.3 is 15.6 Å². The summed E-state index contributed by atoms with van der Waals surface area (Å²) in [6.07, 6.45) is 0.643. The third kappa shape index (κ3) is 3.13. The van der Waals surface area contributed by atoms with E-state index in [2.05, 4.69) is 0 Å². The molecule has 0 radical (unpaired) electrons. The van der Waals surface area contributed by atoms with Gasteiger partial charge in [0, 0.05) is 11.6 Å². The molecule has 3 N–H and O–H groups in total. The van der Waals surface area contributed by atoms with Crippen molar-refractivity contribution in [3.63, 3.8) is 0 Å². The minimum Gasteiger partial charge on any atom is -0.508 e. The number of aryl methyl sites for hydroxylation is 1. The third-order valence-corrected chi connectivity index (χ3v) is 2.24. The van der Waals surface area contributed by atoms with Crippen LogP contribution in [0.15, 0.2) is 12.1 Å². The summed E-state index contributed by atoms with van der Waals surface area (Å²) in [6.45, 7) is 5.82. The third-order valence-electron chi connectivity index (χ3n) is 2.24. The second kappa shape index (κ2) is 4.11. The zero-order valence-electron chi connectivity index (χ0n) is 9.79. The van der Waals surface area contributed by atoms with Crippen LogP contribution in [-0.2, 0) is 6.42 Å². The average Bonchev–Trinajstić information content (AvgIpc) is 2.08. The van der Waals surface area contributed by atoms with Gasteiger partial charge in [0.2, 0.25) is 0 Å². The summed E-state index contributed by atoms with van der Waals surface area (Å²) in [5.74, 6) is 0.946. The molecule has 0 aliphatic rings. The van der Waals surface area contributed by atoms with Crippen LogP contribution in [0.2, 0.25) is 0 Å². The highest BCUT2D eigenvalue weighted by atomic mass is 16.5. The first kappa shape index (κ1) is 11.9. The maximum Gasteiger partial charge on any atom is 0.125 e. The summed E-state index contributed by atoms with van der Waals surface area (Å²) in [4.78, 5) is 0. The van der Waals surface area contributed by atoms with Gasteiger partial charge >= 0.3 is 0 Å². The zero-order valence-corrected chi connectivity index (χ0v) is 9.79. The van der Waals surface area contributed by atoms with Gasteiger partial charge in [-0.15, -0.1) is 0 Å². The first-order valence-electron chi connectivity index (χ1n) is 4.99. The largest absolute Gasteiger partial charge is 0.508 e. The van der Waals surface area contributed by atoms with E-state index < -0.39 is 0 Å². The summed E-state index contributed by atoms with van der Waals surface area (Å²) in [5, 5.41) is 9.77. The van der Waals surface area contributed by atoms with E-state index in [0.29, 0.717) is 12.2 Å². The molecule has 1 aromatic rings. The van der Waals surface area contributed by atoms with Crippen molar-refractivity contribution in [1.82, 2.24) is 0 Å². The number of rotatable bonds is 3. The molecule has 0 spiro atoms. The van der Waals surface area contributed by atoms with E-state index in [1.165, 1.54) is 0 Å². The standard InChI is InChI=1S/C12H19NO2/c1-8-5-9(7-12(2,3)13)10(14)6-11(8)15-4/h5-6,14H,7,13H2,1-4H3. The van der Waals surface area contributed by atoms with Crippen molar-refractivity contribution in [1.29, 1.82) is 0 Å². The van der Waals surface area contributed by atoms with Gasteiger partial charge in [-0.05, 0) is 44.4 Å². The van der Waals surface area contributed by atoms with Crippen molar-refractivity contribution in [3.8, 4) is 11.5 Å². The van der Waals surface area contributed by atoms with Crippen LogP contribution >= 0.6 is 0 Å². The number of hydrogen-bond donors (Lipinski definition) is 2. The molecule has 0 amide bonds. The lowest BCUT2D eigenvalue weighted by atomic mass is 9.94. The molecule has 0 aliphatic carbocycles. The predicted molar refractivity (Wildman–Crippen MR) is 61.4 cm³/mol. The van der Waals surface area contributed by atoms with Crippen molar-refractivity contribution < 1.29 is 9.84 Å². The minimum atomic E-state index is -0.321. The molecule has 1 aromatic carbocycles. The summed E-state index contributed by atoms with van der Waals surface area (Å²) < 4.78 is 5.12. The van der Waals surface area contributed by atoms with Gasteiger partial charge in [0.25, 0.3) is 0 Å². The van der Waals surface area contributed by atoms with Gasteiger partial charge in [-0.25, -0.2) is 0 Å². The highest BCUT2D eigenvalue weighted by Gasteiger charge is 2.15. The molecule has 84 valence electrons. The summed E-state index contributed by atoms with van der Waals surface area (Å²) in [7, 11) is 1.59. The van der Waals surface area contributed by atoms with Crippen molar-refractivity contribution in [3.05, 3.63) is 23.3 Å². The van der Waals surface area contributed by atoms with Gasteiger partial charge in [-0.3, -0.25) is 0 Å². The van der Waals surface area contributed by atoms with Gasteiger partial charge in [0.1, 0.15) is 11.5 Å². The van der Waals surface area contributed by atoms with Crippen LogP contribution in [0.3, 0.4) is 0 Å². The molecule has 0 heterocycles. The smallest absolute Gasteiger partial charge is 0.125 e. The number of phenols is 1. The van der Waals surface area contributed by atoms with E-state index in [1.807, 2.05) is 26.8 Å². The van der Waals surface area contributed by atoms with Crippen LogP contribution in [-0.4, -0.2) is 17.8 Å². The molecule has 0 saturated heterocycles. The molecular formula is C12H19NO2. The van der Waals surface area contributed by atoms with Crippen molar-refractivity contribution in [2.45, 2.75) is 32.7 Å². The van der Waals surface area contributed by atoms with Gasteiger partial charge in [0.05, 0.1) is 7.11 Å². The molecule has 3 nitrogen and oxygen atoms in total. The van der Waals surface area contributed by atoms with Crippen LogP contribution in [0.25, 0.3) is 0 Å². The fourth-order valence-electron chi connectivity index (χ4n) is 1.59. The number of phenolic OH excluding ortho intramolecular Hbond substituents is 1. The number of nitrogens with two attached hydrogens (primary N) is 1. The Morgan fingerprint density at radius 2 is 2.00 bits per heavy atom. The number of benzene rings is 1. The summed E-state index contributed by atoms with van der Waals surface area (Å²) in [6, 6.07) is 3.55. The Bertz CT molecular complexity index is 353. The lowest BCUT2D eigenvalue weighted by molar-refractivity contribution is 0.401. The first-order valence-corrected chi connectivity index (χ1v) is 4.99. The number of methoxy groups -OCH3 is 1. The van der Waals surface area contributed by atoms with E-state index in [1.54, 1.807) is 13.2 Å². The van der Waals surface area contributed by atoms with Crippen molar-refractivity contribution >= 4 is 0 Å². The molecule has 0 aliphatic heterocycles. The van der Waals surface area contributed by atoms with E-state index in [4.69, 9.17) is 10.5 Å². The van der Waals surface area contributed by atoms with E-state index in [-0.39, 0.29) is 11.3 Å². The van der Waals surface area contributed by atoms with E-state index >= 15 is 0 Å². The highest BCUT2D eigenvalue weighted by molar-refractivity contribution is 5.45. The Morgan fingerprint density at radius 1 is 1.40 bits per heavy atom. The van der Waals surface area contributed by atoms with Crippen LogP contribution in [0.4, 0.5) is 0 Å². The molecule has 0 unspecified atom stereocenters. The van der Waals surface area contributed by atoms with E-state index in [0.717, 1.165) is 11.1 Å². The molecular weight excluding hydrogens is 190 g/mol. The number of ether oxygens (including phenoxy) is 1. The molecule has 0 saturated carbocycles. The van der Waals surface area contributed by atoms with Crippen LogP contribution in [0.1, 0.15) is 25.0 Å². The topological polar surface area (TPSA) is 55.5 Å². The maximum absolute atomic E-state index is 9.77. The quantitative estimate of drug-likeness (QED) is 0.800. The second-order valence-corrected chi connectivity index (χ2v) is 4.62. The predicted octanol–water partition coefficient (Wildman–Crippen LogP) is 1.99. The highest BCUT2D eigenvalue weighted by Crippen LogP contribution is 2.29. The van der Waals surface area contributed by atoms with Gasteiger partial charge in [-0.2, -0.15) is 0 Å². The molecule has 0 fully saturated rings. The Morgan fingerprint density at radius 3 is 2.47 bits per heavy atom. The molecule has 0 bridgehead atoms. The summed E-state index contributed by atoms with van der Waals surface area (Å²) >= 11 is 0. The Hall–Kier alpha value is -1.22. The Labute approximate surface area is 90.9 Å². The molecule has 0 atom stereocenters. The van der Waals surface area contributed by atoms with Crippen molar-refractivity contribution in [2.24, 2.45) is 5.73 Å². The fourth-order valence-corrected chi connectivity index (χ4v) is 1.59. The normalized spacial score (nSPS) is 11.5. The first-order chi connectivity index (χ1) is 6.83. The SMILES string of the molecule is COc1cc(O)c(CC(C)(C)N)cc1C.